The maximum atomic E-state index is 13.4. The van der Waals surface area contributed by atoms with Crippen LogP contribution < -0.4 is 0 Å². The molecule has 0 amide bonds. The standard InChI is InChI=1S/C37H20N2O2/c40-35-27-6-1-2-7-28(27)36(41)33-29(35)18-19-30-34(33)39-37(38-30)24-12-8-20(9-13-24)25-16-14-23-11-10-21-4-3-5-22-15-17-26(25)32(23)31(21)22/h1-19H,(H,38,39). The normalized spacial score (nSPS) is 13.0. The van der Waals surface area contributed by atoms with Crippen LogP contribution in [0.3, 0.4) is 0 Å². The summed E-state index contributed by atoms with van der Waals surface area (Å²) in [5.41, 5.74) is 6.18. The first-order valence-electron chi connectivity index (χ1n) is 13.6. The van der Waals surface area contributed by atoms with Crippen LogP contribution in [0.25, 0.3) is 65.9 Å². The van der Waals surface area contributed by atoms with Gasteiger partial charge >= 0.3 is 0 Å². The number of hydrogen-bond donors (Lipinski definition) is 1. The first-order chi connectivity index (χ1) is 20.2. The SMILES string of the molecule is O=C1c2ccccc2C(=O)c2c1ccc1nc(-c3ccc(-c4ccc5ccc6cccc7ccc4c5c67)cc3)[nH]c21. The van der Waals surface area contributed by atoms with Gasteiger partial charge in [-0.15, -0.1) is 0 Å². The summed E-state index contributed by atoms with van der Waals surface area (Å²) >= 11 is 0. The number of benzene rings is 7. The number of nitrogens with one attached hydrogen (secondary N) is 1. The van der Waals surface area contributed by atoms with Crippen LogP contribution in [0, 0.1) is 0 Å². The van der Waals surface area contributed by atoms with Gasteiger partial charge in [0.15, 0.2) is 11.6 Å². The van der Waals surface area contributed by atoms with Gasteiger partial charge in [0.1, 0.15) is 5.82 Å². The maximum Gasteiger partial charge on any atom is 0.196 e. The van der Waals surface area contributed by atoms with Gasteiger partial charge in [0, 0.05) is 22.3 Å². The number of H-pyrrole nitrogens is 1. The van der Waals surface area contributed by atoms with Crippen molar-refractivity contribution in [1.29, 1.82) is 0 Å². The molecule has 1 aliphatic carbocycles. The number of ketones is 2. The van der Waals surface area contributed by atoms with Crippen LogP contribution in [0.4, 0.5) is 0 Å². The number of rotatable bonds is 2. The zero-order chi connectivity index (χ0) is 27.2. The van der Waals surface area contributed by atoms with Crippen molar-refractivity contribution in [3.63, 3.8) is 0 Å². The number of nitrogens with zero attached hydrogens (tertiary/aromatic N) is 1. The number of imidazole rings is 1. The van der Waals surface area contributed by atoms with Crippen LogP contribution in [-0.4, -0.2) is 21.5 Å². The van der Waals surface area contributed by atoms with E-state index in [9.17, 15) is 9.59 Å². The molecule has 1 N–H and O–H groups in total. The van der Waals surface area contributed by atoms with Gasteiger partial charge in [-0.1, -0.05) is 103 Å². The molecule has 0 unspecified atom stereocenters. The first kappa shape index (κ1) is 22.2. The van der Waals surface area contributed by atoms with Gasteiger partial charge in [0.2, 0.25) is 0 Å². The molecule has 1 heterocycles. The highest BCUT2D eigenvalue weighted by Gasteiger charge is 2.31. The molecule has 4 heteroatoms. The fraction of sp³-hybridized carbons (Fsp3) is 0. The van der Waals surface area contributed by atoms with Crippen molar-refractivity contribution in [3.05, 3.63) is 138 Å². The third kappa shape index (κ3) is 3.02. The van der Waals surface area contributed by atoms with Gasteiger partial charge < -0.3 is 4.98 Å². The topological polar surface area (TPSA) is 62.8 Å². The van der Waals surface area contributed by atoms with Gasteiger partial charge in [0.05, 0.1) is 16.6 Å². The molecule has 0 radical (unpaired) electrons. The molecule has 0 saturated carbocycles. The molecule has 0 saturated heterocycles. The molecule has 0 aliphatic heterocycles. The summed E-state index contributed by atoms with van der Waals surface area (Å²) in [4.78, 5) is 34.8. The number of aromatic nitrogens is 2. The zero-order valence-electron chi connectivity index (χ0n) is 21.7. The first-order valence-corrected chi connectivity index (χ1v) is 13.6. The summed E-state index contributed by atoms with van der Waals surface area (Å²) in [7, 11) is 0. The molecule has 190 valence electrons. The van der Waals surface area contributed by atoms with Crippen LogP contribution in [-0.2, 0) is 0 Å². The van der Waals surface area contributed by atoms with Gasteiger partial charge in [-0.3, -0.25) is 9.59 Å². The van der Waals surface area contributed by atoms with Crippen LogP contribution in [0.2, 0.25) is 0 Å². The van der Waals surface area contributed by atoms with E-state index in [1.165, 1.54) is 37.9 Å². The van der Waals surface area contributed by atoms with Crippen LogP contribution in [0.15, 0.2) is 115 Å². The largest absolute Gasteiger partial charge is 0.337 e. The fourth-order valence-corrected chi connectivity index (χ4v) is 6.59. The van der Waals surface area contributed by atoms with Crippen molar-refractivity contribution in [2.75, 3.05) is 0 Å². The Morgan fingerprint density at radius 2 is 1.12 bits per heavy atom. The van der Waals surface area contributed by atoms with Crippen molar-refractivity contribution in [2.45, 2.75) is 0 Å². The smallest absolute Gasteiger partial charge is 0.196 e. The predicted molar refractivity (Wildman–Crippen MR) is 164 cm³/mol. The lowest BCUT2D eigenvalue weighted by Crippen LogP contribution is -2.21. The van der Waals surface area contributed by atoms with E-state index in [0.717, 1.165) is 11.1 Å². The van der Waals surface area contributed by atoms with Crippen molar-refractivity contribution < 1.29 is 9.59 Å². The lowest BCUT2D eigenvalue weighted by atomic mass is 9.83. The summed E-state index contributed by atoms with van der Waals surface area (Å²) in [6.07, 6.45) is 0. The molecule has 0 spiro atoms. The van der Waals surface area contributed by atoms with E-state index in [-0.39, 0.29) is 11.6 Å². The molecule has 0 atom stereocenters. The van der Waals surface area contributed by atoms with Crippen molar-refractivity contribution in [1.82, 2.24) is 9.97 Å². The number of carbonyl (C=O) groups is 2. The third-order valence-electron chi connectivity index (χ3n) is 8.55. The summed E-state index contributed by atoms with van der Waals surface area (Å²) < 4.78 is 0. The average molecular weight is 525 g/mol. The number of aromatic amines is 1. The molecular formula is C37H20N2O2. The molecule has 4 nitrogen and oxygen atoms in total. The van der Waals surface area contributed by atoms with Gasteiger partial charge in [0.25, 0.3) is 0 Å². The molecule has 0 bridgehead atoms. The molecule has 1 aliphatic rings. The minimum Gasteiger partial charge on any atom is -0.337 e. The monoisotopic (exact) mass is 524 g/mol. The Morgan fingerprint density at radius 3 is 1.90 bits per heavy atom. The Kier molecular flexibility index (Phi) is 4.32. The highest BCUT2D eigenvalue weighted by Crippen LogP contribution is 2.40. The Hall–Kier alpha value is -5.61. The van der Waals surface area contributed by atoms with Crippen molar-refractivity contribution >= 4 is 54.9 Å². The second-order valence-electron chi connectivity index (χ2n) is 10.7. The van der Waals surface area contributed by atoms with E-state index in [4.69, 9.17) is 4.98 Å². The Balaban J connectivity index is 1.15. The van der Waals surface area contributed by atoms with E-state index in [0.29, 0.717) is 39.1 Å². The highest BCUT2D eigenvalue weighted by atomic mass is 16.1. The van der Waals surface area contributed by atoms with E-state index < -0.39 is 0 Å². The highest BCUT2D eigenvalue weighted by molar-refractivity contribution is 6.31. The van der Waals surface area contributed by atoms with E-state index in [1.807, 2.05) is 6.07 Å². The molecule has 1 aromatic heterocycles. The van der Waals surface area contributed by atoms with Crippen molar-refractivity contribution in [2.24, 2.45) is 0 Å². The second kappa shape index (κ2) is 7.96. The van der Waals surface area contributed by atoms with Crippen molar-refractivity contribution in [3.8, 4) is 22.5 Å². The summed E-state index contributed by atoms with van der Waals surface area (Å²) in [5, 5.41) is 7.59. The molecule has 7 aromatic carbocycles. The van der Waals surface area contributed by atoms with Crippen LogP contribution >= 0.6 is 0 Å². The lowest BCUT2D eigenvalue weighted by molar-refractivity contribution is 0.0980. The third-order valence-corrected chi connectivity index (χ3v) is 8.55. The lowest BCUT2D eigenvalue weighted by Gasteiger charge is -2.17. The zero-order valence-corrected chi connectivity index (χ0v) is 21.7. The van der Waals surface area contributed by atoms with Crippen LogP contribution in [0.5, 0.6) is 0 Å². The Bertz CT molecular complexity index is 2380. The average Bonchev–Trinajstić information content (AvgIpc) is 3.47. The Morgan fingerprint density at radius 1 is 0.488 bits per heavy atom. The molecule has 0 fully saturated rings. The molecule has 41 heavy (non-hydrogen) atoms. The predicted octanol–water partition coefficient (Wildman–Crippen LogP) is 8.57. The Labute approximate surface area is 234 Å². The van der Waals surface area contributed by atoms with Gasteiger partial charge in [-0.2, -0.15) is 0 Å². The summed E-state index contributed by atoms with van der Waals surface area (Å²) in [6.45, 7) is 0. The number of carbonyl (C=O) groups excluding carboxylic acids is 2. The van der Waals surface area contributed by atoms with Gasteiger partial charge in [-0.25, -0.2) is 4.98 Å². The second-order valence-corrected chi connectivity index (χ2v) is 10.7. The summed E-state index contributed by atoms with van der Waals surface area (Å²) in [6, 6.07) is 38.6. The van der Waals surface area contributed by atoms with Crippen LogP contribution in [0.1, 0.15) is 31.8 Å². The number of fused-ring (bicyclic) bond motifs is 4. The van der Waals surface area contributed by atoms with Gasteiger partial charge in [-0.05, 0) is 55.6 Å². The quantitative estimate of drug-likeness (QED) is 0.230. The van der Waals surface area contributed by atoms with E-state index >= 15 is 0 Å². The number of hydrogen-bond acceptors (Lipinski definition) is 3. The minimum absolute atomic E-state index is 0.133. The molecule has 9 rings (SSSR count). The van der Waals surface area contributed by atoms with E-state index in [2.05, 4.69) is 83.8 Å². The maximum absolute atomic E-state index is 13.4. The fourth-order valence-electron chi connectivity index (χ4n) is 6.59. The molecular weight excluding hydrogens is 504 g/mol. The van der Waals surface area contributed by atoms with E-state index in [1.54, 1.807) is 30.3 Å². The minimum atomic E-state index is -0.152. The molecule has 8 aromatic rings. The summed E-state index contributed by atoms with van der Waals surface area (Å²) in [5.74, 6) is 0.376.